The Morgan fingerprint density at radius 2 is 1.92 bits per heavy atom. The summed E-state index contributed by atoms with van der Waals surface area (Å²) >= 11 is 0. The molecule has 0 aliphatic carbocycles. The van der Waals surface area contributed by atoms with E-state index in [2.05, 4.69) is 77.3 Å². The fourth-order valence-corrected chi connectivity index (χ4v) is 4.28. The van der Waals surface area contributed by atoms with Gasteiger partial charge in [0.25, 0.3) is 0 Å². The molecule has 0 saturated heterocycles. The molecule has 38 heavy (non-hydrogen) atoms. The minimum Gasteiger partial charge on any atom is -0.496 e. The summed E-state index contributed by atoms with van der Waals surface area (Å²) in [5, 5.41) is 4.49. The van der Waals surface area contributed by atoms with Gasteiger partial charge in [0.2, 0.25) is 0 Å². The average Bonchev–Trinajstić information content (AvgIpc) is 3.27. The molecule has 0 atom stereocenters. The first kappa shape index (κ1) is 26.8. The fourth-order valence-electron chi connectivity index (χ4n) is 4.28. The molecule has 2 aromatic heterocycles. The molecule has 0 bridgehead atoms. The summed E-state index contributed by atoms with van der Waals surface area (Å²) in [7, 11) is 9.87. The molecule has 8 heteroatoms. The SMILES string of the molecule is C=CC(=C)Nc1cc(COc2nccc(-c3cn(C)c4ccccc34)n2)c(OC)cc1N(C)CCN(C)C. The molecular formula is C30H36N6O2. The Morgan fingerprint density at radius 3 is 2.66 bits per heavy atom. The van der Waals surface area contributed by atoms with Crippen LogP contribution in [-0.2, 0) is 13.7 Å². The van der Waals surface area contributed by atoms with E-state index in [1.165, 1.54) is 0 Å². The van der Waals surface area contributed by atoms with Crippen LogP contribution in [0.2, 0.25) is 0 Å². The molecule has 0 saturated carbocycles. The van der Waals surface area contributed by atoms with E-state index in [1.807, 2.05) is 37.4 Å². The molecule has 0 aliphatic heterocycles. The number of nitrogens with zero attached hydrogens (tertiary/aromatic N) is 5. The predicted molar refractivity (Wildman–Crippen MR) is 156 cm³/mol. The number of hydrogen-bond donors (Lipinski definition) is 1. The van der Waals surface area contributed by atoms with E-state index in [0.717, 1.165) is 57.9 Å². The van der Waals surface area contributed by atoms with Crippen LogP contribution in [0.3, 0.4) is 0 Å². The molecular weight excluding hydrogens is 476 g/mol. The van der Waals surface area contributed by atoms with Crippen molar-refractivity contribution in [2.75, 3.05) is 51.6 Å². The lowest BCUT2D eigenvalue weighted by Crippen LogP contribution is -2.29. The van der Waals surface area contributed by atoms with Gasteiger partial charge in [0.05, 0.1) is 24.2 Å². The Bertz CT molecular complexity index is 1440. The van der Waals surface area contributed by atoms with Gasteiger partial charge in [0.1, 0.15) is 12.4 Å². The number of aryl methyl sites for hydroxylation is 1. The summed E-state index contributed by atoms with van der Waals surface area (Å²) in [5.41, 5.74) is 6.43. The van der Waals surface area contributed by atoms with Gasteiger partial charge in [0.15, 0.2) is 0 Å². The summed E-state index contributed by atoms with van der Waals surface area (Å²) in [6.45, 7) is 9.85. The zero-order valence-electron chi connectivity index (χ0n) is 22.9. The van der Waals surface area contributed by atoms with Crippen molar-refractivity contribution in [2.24, 2.45) is 7.05 Å². The van der Waals surface area contributed by atoms with Gasteiger partial charge in [-0.15, -0.1) is 0 Å². The lowest BCUT2D eigenvalue weighted by molar-refractivity contribution is 0.274. The lowest BCUT2D eigenvalue weighted by Gasteiger charge is -2.26. The Balaban J connectivity index is 1.61. The van der Waals surface area contributed by atoms with Crippen molar-refractivity contribution in [2.45, 2.75) is 6.61 Å². The van der Waals surface area contributed by atoms with Crippen LogP contribution in [0.4, 0.5) is 11.4 Å². The standard InChI is InChI=1S/C30H36N6O2/c1-8-21(2)32-26-17-22(29(37-7)18-28(26)35(5)16-15-34(3)4)20-38-30-31-14-13-25(33-30)24-19-36(6)27-12-10-9-11-23(24)27/h8-14,17-19,32H,1-2,15-16,20H2,3-7H3. The highest BCUT2D eigenvalue weighted by atomic mass is 16.5. The number of benzene rings is 2. The highest BCUT2D eigenvalue weighted by Crippen LogP contribution is 2.35. The van der Waals surface area contributed by atoms with E-state index in [9.17, 15) is 0 Å². The van der Waals surface area contributed by atoms with E-state index in [0.29, 0.717) is 11.7 Å². The van der Waals surface area contributed by atoms with E-state index in [4.69, 9.17) is 14.5 Å². The molecule has 1 N–H and O–H groups in total. The third kappa shape index (κ3) is 5.98. The highest BCUT2D eigenvalue weighted by Gasteiger charge is 2.16. The number of para-hydroxylation sites is 1. The fraction of sp³-hybridized carbons (Fsp3) is 0.267. The van der Waals surface area contributed by atoms with Crippen LogP contribution in [0.15, 0.2) is 79.8 Å². The number of anilines is 2. The Labute approximate surface area is 224 Å². The first-order valence-electron chi connectivity index (χ1n) is 12.5. The largest absolute Gasteiger partial charge is 0.496 e. The summed E-state index contributed by atoms with van der Waals surface area (Å²) < 4.78 is 13.9. The number of hydrogen-bond acceptors (Lipinski definition) is 7. The van der Waals surface area contributed by atoms with Gasteiger partial charge in [-0.3, -0.25) is 0 Å². The number of methoxy groups -OCH3 is 1. The molecule has 2 heterocycles. The Kier molecular flexibility index (Phi) is 8.33. The highest BCUT2D eigenvalue weighted by molar-refractivity contribution is 5.95. The van der Waals surface area contributed by atoms with Crippen molar-refractivity contribution >= 4 is 22.3 Å². The molecule has 0 amide bonds. The Hall–Kier alpha value is -4.30. The minimum atomic E-state index is 0.235. The quantitative estimate of drug-likeness (QED) is 0.257. The van der Waals surface area contributed by atoms with Crippen molar-refractivity contribution in [3.05, 3.63) is 85.4 Å². The molecule has 0 radical (unpaired) electrons. The van der Waals surface area contributed by atoms with Gasteiger partial charge in [-0.05, 0) is 38.4 Å². The van der Waals surface area contributed by atoms with E-state index in [-0.39, 0.29) is 6.61 Å². The van der Waals surface area contributed by atoms with Crippen LogP contribution in [-0.4, -0.2) is 60.8 Å². The second kappa shape index (κ2) is 11.8. The molecule has 198 valence electrons. The number of likely N-dealkylation sites (N-methyl/N-ethyl adjacent to an activating group) is 2. The molecule has 8 nitrogen and oxygen atoms in total. The summed E-state index contributed by atoms with van der Waals surface area (Å²) in [4.78, 5) is 13.4. The number of ether oxygens (including phenoxy) is 2. The van der Waals surface area contributed by atoms with Crippen LogP contribution >= 0.6 is 0 Å². The first-order chi connectivity index (χ1) is 18.3. The van der Waals surface area contributed by atoms with E-state index in [1.54, 1.807) is 19.4 Å². The molecule has 4 aromatic rings. The second-order valence-electron chi connectivity index (χ2n) is 9.44. The normalized spacial score (nSPS) is 11.0. The maximum atomic E-state index is 6.08. The van der Waals surface area contributed by atoms with Crippen LogP contribution < -0.4 is 19.7 Å². The lowest BCUT2D eigenvalue weighted by atomic mass is 10.1. The maximum Gasteiger partial charge on any atom is 0.317 e. The van der Waals surface area contributed by atoms with Crippen LogP contribution in [0.25, 0.3) is 22.2 Å². The van der Waals surface area contributed by atoms with E-state index < -0.39 is 0 Å². The van der Waals surface area contributed by atoms with Crippen molar-refractivity contribution < 1.29 is 9.47 Å². The van der Waals surface area contributed by atoms with Gasteiger partial charge in [0, 0.05) is 73.4 Å². The van der Waals surface area contributed by atoms with Crippen LogP contribution in [0, 0.1) is 0 Å². The van der Waals surface area contributed by atoms with E-state index >= 15 is 0 Å². The van der Waals surface area contributed by atoms with Gasteiger partial charge in [-0.2, -0.15) is 4.98 Å². The predicted octanol–water partition coefficient (Wildman–Crippen LogP) is 5.33. The van der Waals surface area contributed by atoms with Crippen LogP contribution in [0.5, 0.6) is 11.8 Å². The van der Waals surface area contributed by atoms with Crippen molar-refractivity contribution in [3.8, 4) is 23.0 Å². The number of aromatic nitrogens is 3. The monoisotopic (exact) mass is 512 g/mol. The van der Waals surface area contributed by atoms with Crippen molar-refractivity contribution in [1.82, 2.24) is 19.4 Å². The summed E-state index contributed by atoms with van der Waals surface area (Å²) in [6.07, 6.45) is 5.49. The molecule has 0 aliphatic rings. The van der Waals surface area contributed by atoms with Crippen molar-refractivity contribution in [1.29, 1.82) is 0 Å². The first-order valence-corrected chi connectivity index (χ1v) is 12.5. The van der Waals surface area contributed by atoms with Gasteiger partial charge >= 0.3 is 6.01 Å². The third-order valence-electron chi connectivity index (χ3n) is 6.40. The third-order valence-corrected chi connectivity index (χ3v) is 6.40. The molecule has 2 aromatic carbocycles. The molecule has 0 unspecified atom stereocenters. The number of allylic oxidation sites excluding steroid dienone is 1. The number of fused-ring (bicyclic) bond motifs is 1. The van der Waals surface area contributed by atoms with Gasteiger partial charge < -0.3 is 29.2 Å². The smallest absolute Gasteiger partial charge is 0.317 e. The van der Waals surface area contributed by atoms with Crippen molar-refractivity contribution in [3.63, 3.8) is 0 Å². The summed E-state index contributed by atoms with van der Waals surface area (Å²) in [5.74, 6) is 0.719. The van der Waals surface area contributed by atoms with Gasteiger partial charge in [-0.1, -0.05) is 31.4 Å². The average molecular weight is 513 g/mol. The minimum absolute atomic E-state index is 0.235. The second-order valence-corrected chi connectivity index (χ2v) is 9.44. The molecule has 0 fully saturated rings. The van der Waals surface area contributed by atoms with Crippen LogP contribution in [0.1, 0.15) is 5.56 Å². The molecule has 0 spiro atoms. The molecule has 4 rings (SSSR count). The number of nitrogens with one attached hydrogen (secondary N) is 1. The number of rotatable bonds is 12. The maximum absolute atomic E-state index is 6.08. The van der Waals surface area contributed by atoms with Gasteiger partial charge in [-0.25, -0.2) is 4.98 Å². The zero-order valence-corrected chi connectivity index (χ0v) is 22.9. The Morgan fingerprint density at radius 1 is 1.13 bits per heavy atom. The summed E-state index contributed by atoms with van der Waals surface area (Å²) in [6, 6.07) is 14.5. The zero-order chi connectivity index (χ0) is 27.2. The topological polar surface area (TPSA) is 67.7 Å².